The first kappa shape index (κ1) is 19.7. The molecule has 0 bridgehead atoms. The number of carbonyl (C=O) groups is 1. The van der Waals surface area contributed by atoms with Crippen molar-refractivity contribution in [2.45, 2.75) is 39.7 Å². The fourth-order valence-corrected chi connectivity index (χ4v) is 1.89. The van der Waals surface area contributed by atoms with Gasteiger partial charge in [0, 0.05) is 47.3 Å². The molecular weight excluding hydrogens is 268 g/mol. The lowest BCUT2D eigenvalue weighted by Crippen LogP contribution is -2.40. The van der Waals surface area contributed by atoms with Crippen LogP contribution >= 0.6 is 0 Å². The van der Waals surface area contributed by atoms with Crippen molar-refractivity contribution >= 4 is 11.9 Å². The van der Waals surface area contributed by atoms with E-state index in [1.165, 1.54) is 0 Å². The highest BCUT2D eigenvalue weighted by atomic mass is 16.5. The molecule has 0 aliphatic heterocycles. The highest BCUT2D eigenvalue weighted by Gasteiger charge is 2.13. The van der Waals surface area contributed by atoms with E-state index in [9.17, 15) is 4.79 Å². The summed E-state index contributed by atoms with van der Waals surface area (Å²) in [5.74, 6) is 1.33. The van der Waals surface area contributed by atoms with Crippen LogP contribution in [-0.2, 0) is 9.53 Å². The van der Waals surface area contributed by atoms with Crippen LogP contribution in [0.5, 0.6) is 0 Å². The summed E-state index contributed by atoms with van der Waals surface area (Å²) in [5, 5.41) is 6.39. The Hall–Kier alpha value is -1.30. The van der Waals surface area contributed by atoms with Gasteiger partial charge in [0.1, 0.15) is 0 Å². The maximum absolute atomic E-state index is 11.5. The number of carbonyl (C=O) groups excluding carboxylic acids is 1. The van der Waals surface area contributed by atoms with E-state index in [1.54, 1.807) is 26.0 Å². The lowest BCUT2D eigenvalue weighted by atomic mass is 10.0. The van der Waals surface area contributed by atoms with Crippen LogP contribution in [0.2, 0.25) is 0 Å². The zero-order valence-electron chi connectivity index (χ0n) is 14.4. The van der Waals surface area contributed by atoms with E-state index >= 15 is 0 Å². The highest BCUT2D eigenvalue weighted by molar-refractivity contribution is 5.81. The van der Waals surface area contributed by atoms with Crippen LogP contribution < -0.4 is 10.6 Å². The molecule has 0 fully saturated rings. The van der Waals surface area contributed by atoms with Gasteiger partial charge >= 0.3 is 0 Å². The molecule has 0 aromatic carbocycles. The van der Waals surface area contributed by atoms with E-state index in [0.29, 0.717) is 18.9 Å². The summed E-state index contributed by atoms with van der Waals surface area (Å²) >= 11 is 0. The number of aliphatic imine (C=N–C) groups is 1. The lowest BCUT2D eigenvalue weighted by Gasteiger charge is -2.21. The van der Waals surface area contributed by atoms with Crippen LogP contribution in [0.25, 0.3) is 0 Å². The minimum atomic E-state index is 0.106. The monoisotopic (exact) mass is 300 g/mol. The third-order valence-corrected chi connectivity index (χ3v) is 3.20. The Morgan fingerprint density at radius 2 is 1.86 bits per heavy atom. The zero-order valence-corrected chi connectivity index (χ0v) is 14.4. The second-order valence-electron chi connectivity index (χ2n) is 5.49. The van der Waals surface area contributed by atoms with Gasteiger partial charge in [-0.25, -0.2) is 0 Å². The van der Waals surface area contributed by atoms with Crippen LogP contribution in [0.4, 0.5) is 0 Å². The average molecular weight is 300 g/mol. The molecule has 0 radical (unpaired) electrons. The van der Waals surface area contributed by atoms with E-state index in [4.69, 9.17) is 4.74 Å². The van der Waals surface area contributed by atoms with Crippen LogP contribution in [0.15, 0.2) is 4.99 Å². The van der Waals surface area contributed by atoms with Crippen LogP contribution in [0.1, 0.15) is 33.6 Å². The normalized spacial score (nSPS) is 13.2. The molecule has 1 unspecified atom stereocenters. The first-order valence-electron chi connectivity index (χ1n) is 7.68. The van der Waals surface area contributed by atoms with Crippen molar-refractivity contribution in [2.75, 3.05) is 40.8 Å². The molecule has 0 aromatic rings. The molecule has 124 valence electrons. The average Bonchev–Trinajstić information content (AvgIpc) is 2.43. The molecule has 0 aromatic heterocycles. The number of nitrogens with zero attached hydrogens (tertiary/aromatic N) is 2. The Bertz CT molecular complexity index is 317. The summed E-state index contributed by atoms with van der Waals surface area (Å²) in [6.45, 7) is 8.47. The largest absolute Gasteiger partial charge is 0.378 e. The molecular formula is C15H32N4O2. The standard InChI is InChI=1S/C15H32N4O2/c1-7-21-13(12(2)3)8-10-17-15(16-4)18-11-9-14(20)19(5)6/h12-13H,7-11H2,1-6H3,(H2,16,17,18). The number of rotatable bonds is 9. The van der Waals surface area contributed by atoms with Crippen molar-refractivity contribution in [1.82, 2.24) is 15.5 Å². The van der Waals surface area contributed by atoms with Crippen molar-refractivity contribution in [3.05, 3.63) is 0 Å². The van der Waals surface area contributed by atoms with Crippen LogP contribution in [-0.4, -0.2) is 63.7 Å². The van der Waals surface area contributed by atoms with Crippen molar-refractivity contribution in [3.63, 3.8) is 0 Å². The Kier molecular flexibility index (Phi) is 10.7. The predicted molar refractivity (Wildman–Crippen MR) is 87.5 cm³/mol. The van der Waals surface area contributed by atoms with Gasteiger partial charge in [-0.05, 0) is 19.3 Å². The summed E-state index contributed by atoms with van der Waals surface area (Å²) in [7, 11) is 5.25. The first-order valence-corrected chi connectivity index (χ1v) is 7.68. The minimum absolute atomic E-state index is 0.106. The molecule has 0 saturated carbocycles. The molecule has 0 spiro atoms. The maximum Gasteiger partial charge on any atom is 0.223 e. The van der Waals surface area contributed by atoms with Crippen molar-refractivity contribution in [3.8, 4) is 0 Å². The van der Waals surface area contributed by atoms with Gasteiger partial charge in [-0.15, -0.1) is 0 Å². The summed E-state index contributed by atoms with van der Waals surface area (Å²) in [6.07, 6.45) is 1.65. The molecule has 0 saturated heterocycles. The molecule has 0 aliphatic carbocycles. The van der Waals surface area contributed by atoms with E-state index < -0.39 is 0 Å². The van der Waals surface area contributed by atoms with Gasteiger partial charge in [0.25, 0.3) is 0 Å². The van der Waals surface area contributed by atoms with Gasteiger partial charge in [0.2, 0.25) is 5.91 Å². The third-order valence-electron chi connectivity index (χ3n) is 3.20. The maximum atomic E-state index is 11.5. The highest BCUT2D eigenvalue weighted by Crippen LogP contribution is 2.09. The van der Waals surface area contributed by atoms with Crippen molar-refractivity contribution < 1.29 is 9.53 Å². The van der Waals surface area contributed by atoms with E-state index in [0.717, 1.165) is 25.5 Å². The zero-order chi connectivity index (χ0) is 16.3. The SMILES string of the molecule is CCOC(CCNC(=NC)NCCC(=O)N(C)C)C(C)C. The minimum Gasteiger partial charge on any atom is -0.378 e. The predicted octanol–water partition coefficient (Wildman–Crippen LogP) is 1.08. The Balaban J connectivity index is 3.97. The summed E-state index contributed by atoms with van der Waals surface area (Å²) in [5.41, 5.74) is 0. The number of amides is 1. The van der Waals surface area contributed by atoms with E-state index in [1.807, 2.05) is 6.92 Å². The number of nitrogens with one attached hydrogen (secondary N) is 2. The van der Waals surface area contributed by atoms with Gasteiger partial charge in [0.05, 0.1) is 6.10 Å². The third kappa shape index (κ3) is 9.28. The van der Waals surface area contributed by atoms with Crippen molar-refractivity contribution in [1.29, 1.82) is 0 Å². The van der Waals surface area contributed by atoms with Gasteiger partial charge in [-0.1, -0.05) is 13.8 Å². The Morgan fingerprint density at radius 3 is 2.33 bits per heavy atom. The molecule has 0 heterocycles. The molecule has 21 heavy (non-hydrogen) atoms. The topological polar surface area (TPSA) is 66.0 Å². The fourth-order valence-electron chi connectivity index (χ4n) is 1.89. The quantitative estimate of drug-likeness (QED) is 0.494. The van der Waals surface area contributed by atoms with Crippen LogP contribution in [0.3, 0.4) is 0 Å². The second kappa shape index (κ2) is 11.4. The fraction of sp³-hybridized carbons (Fsp3) is 0.867. The van der Waals surface area contributed by atoms with Crippen LogP contribution in [0, 0.1) is 5.92 Å². The van der Waals surface area contributed by atoms with Gasteiger partial charge in [-0.2, -0.15) is 0 Å². The lowest BCUT2D eigenvalue weighted by molar-refractivity contribution is -0.128. The molecule has 2 N–H and O–H groups in total. The van der Waals surface area contributed by atoms with E-state index in [-0.39, 0.29) is 12.0 Å². The molecule has 0 rings (SSSR count). The molecule has 6 heteroatoms. The first-order chi connectivity index (χ1) is 9.92. The molecule has 0 aliphatic rings. The summed E-state index contributed by atoms with van der Waals surface area (Å²) in [4.78, 5) is 17.2. The van der Waals surface area contributed by atoms with Gasteiger partial charge < -0.3 is 20.3 Å². The van der Waals surface area contributed by atoms with Gasteiger partial charge in [0.15, 0.2) is 5.96 Å². The number of hydrogen-bond acceptors (Lipinski definition) is 3. The molecule has 6 nitrogen and oxygen atoms in total. The molecule has 1 amide bonds. The second-order valence-corrected chi connectivity index (χ2v) is 5.49. The smallest absolute Gasteiger partial charge is 0.223 e. The number of ether oxygens (including phenoxy) is 1. The summed E-state index contributed by atoms with van der Waals surface area (Å²) in [6, 6.07) is 0. The molecule has 1 atom stereocenters. The van der Waals surface area contributed by atoms with Crippen molar-refractivity contribution in [2.24, 2.45) is 10.9 Å². The Morgan fingerprint density at radius 1 is 1.24 bits per heavy atom. The number of hydrogen-bond donors (Lipinski definition) is 2. The Labute approximate surface area is 129 Å². The van der Waals surface area contributed by atoms with E-state index in [2.05, 4.69) is 29.5 Å². The van der Waals surface area contributed by atoms with Gasteiger partial charge in [-0.3, -0.25) is 9.79 Å². The number of guanidine groups is 1. The summed E-state index contributed by atoms with van der Waals surface area (Å²) < 4.78 is 5.71.